The summed E-state index contributed by atoms with van der Waals surface area (Å²) in [6.45, 7) is 6.90. The number of para-hydroxylation sites is 1. The Morgan fingerprint density at radius 3 is 2.59 bits per heavy atom. The molecule has 22 heavy (non-hydrogen) atoms. The van der Waals surface area contributed by atoms with Crippen molar-refractivity contribution in [2.75, 3.05) is 5.32 Å². The molecule has 114 valence electrons. The lowest BCUT2D eigenvalue weighted by Gasteiger charge is -2.24. The van der Waals surface area contributed by atoms with Gasteiger partial charge in [0.15, 0.2) is 11.5 Å². The summed E-state index contributed by atoms with van der Waals surface area (Å²) in [7, 11) is 0. The average molecular weight is 296 g/mol. The smallest absolute Gasteiger partial charge is 0.290 e. The Balaban J connectivity index is 2.09. The number of carbonyl (C=O) groups is 1. The van der Waals surface area contributed by atoms with Crippen LogP contribution in [0.15, 0.2) is 48.9 Å². The van der Waals surface area contributed by atoms with Gasteiger partial charge in [-0.1, -0.05) is 44.0 Å². The Kier molecular flexibility index (Phi) is 5.37. The maximum Gasteiger partial charge on any atom is 0.290 e. The minimum atomic E-state index is -0.459. The molecule has 0 saturated heterocycles. The first-order valence-corrected chi connectivity index (χ1v) is 7.48. The largest absolute Gasteiger partial charge is 0.442 e. The number of anilines is 1. The lowest BCUT2D eigenvalue weighted by molar-refractivity contribution is -0.115. The number of rotatable bonds is 5. The first kappa shape index (κ1) is 15.8. The predicted octanol–water partition coefficient (Wildman–Crippen LogP) is 4.24. The molecule has 4 heteroatoms. The van der Waals surface area contributed by atoms with Gasteiger partial charge in [0.05, 0.1) is 0 Å². The predicted molar refractivity (Wildman–Crippen MR) is 85.9 cm³/mol. The molecule has 0 heterocycles. The number of allylic oxidation sites excluding steroid dienone is 1. The van der Waals surface area contributed by atoms with E-state index in [2.05, 4.69) is 24.5 Å². The molecule has 1 aliphatic carbocycles. The van der Waals surface area contributed by atoms with Gasteiger partial charge in [0, 0.05) is 5.69 Å². The molecule has 0 atom stereocenters. The van der Waals surface area contributed by atoms with Gasteiger partial charge in [-0.05, 0) is 37.0 Å². The standard InChI is InChI=1S/C18H20N2O2/c1-13(12-19)22-14(2)18(21)20-17-11-7-6-10-16(17)15-8-4-3-5-9-15/h6-7,10-11,15H,1-5,8-9H2,(H,20,21). The summed E-state index contributed by atoms with van der Waals surface area (Å²) in [5.41, 5.74) is 1.94. The van der Waals surface area contributed by atoms with Gasteiger partial charge in [-0.3, -0.25) is 4.79 Å². The number of amides is 1. The van der Waals surface area contributed by atoms with Gasteiger partial charge in [0.1, 0.15) is 6.07 Å². The summed E-state index contributed by atoms with van der Waals surface area (Å²) in [5, 5.41) is 11.4. The zero-order valence-corrected chi connectivity index (χ0v) is 12.6. The third-order valence-corrected chi connectivity index (χ3v) is 3.88. The number of nitrogens with zero attached hydrogens (tertiary/aromatic N) is 1. The van der Waals surface area contributed by atoms with Gasteiger partial charge < -0.3 is 10.1 Å². The fourth-order valence-electron chi connectivity index (χ4n) is 2.79. The zero-order chi connectivity index (χ0) is 15.9. The summed E-state index contributed by atoms with van der Waals surface area (Å²) < 4.78 is 4.96. The average Bonchev–Trinajstić information content (AvgIpc) is 2.56. The molecule has 1 saturated carbocycles. The van der Waals surface area contributed by atoms with Crippen LogP contribution in [0.25, 0.3) is 0 Å². The molecule has 1 aromatic carbocycles. The second-order valence-corrected chi connectivity index (χ2v) is 5.44. The van der Waals surface area contributed by atoms with Crippen LogP contribution in [0.5, 0.6) is 0 Å². The Bertz CT molecular complexity index is 622. The van der Waals surface area contributed by atoms with E-state index in [1.165, 1.54) is 19.3 Å². The van der Waals surface area contributed by atoms with Crippen LogP contribution in [0.2, 0.25) is 0 Å². The van der Waals surface area contributed by atoms with E-state index in [0.29, 0.717) is 5.92 Å². The number of ether oxygens (including phenoxy) is 1. The summed E-state index contributed by atoms with van der Waals surface area (Å²) in [4.78, 5) is 12.1. The summed E-state index contributed by atoms with van der Waals surface area (Å²) >= 11 is 0. The highest BCUT2D eigenvalue weighted by molar-refractivity contribution is 6.02. The van der Waals surface area contributed by atoms with Crippen LogP contribution in [0.4, 0.5) is 5.69 Å². The molecule has 0 aromatic heterocycles. The van der Waals surface area contributed by atoms with Crippen LogP contribution in [0, 0.1) is 11.3 Å². The number of nitrogens with one attached hydrogen (secondary N) is 1. The van der Waals surface area contributed by atoms with E-state index in [0.717, 1.165) is 24.1 Å². The summed E-state index contributed by atoms with van der Waals surface area (Å²) in [6, 6.07) is 9.54. The maximum atomic E-state index is 12.1. The van der Waals surface area contributed by atoms with E-state index in [-0.39, 0.29) is 11.5 Å². The molecule has 1 amide bonds. The van der Waals surface area contributed by atoms with Crippen molar-refractivity contribution in [2.24, 2.45) is 0 Å². The minimum absolute atomic E-state index is 0.134. The van der Waals surface area contributed by atoms with Crippen molar-refractivity contribution < 1.29 is 9.53 Å². The van der Waals surface area contributed by atoms with E-state index in [9.17, 15) is 4.79 Å². The molecule has 1 aliphatic rings. The van der Waals surface area contributed by atoms with Crippen LogP contribution >= 0.6 is 0 Å². The van der Waals surface area contributed by atoms with Crippen molar-refractivity contribution in [3.05, 3.63) is 54.5 Å². The third-order valence-electron chi connectivity index (χ3n) is 3.88. The van der Waals surface area contributed by atoms with Crippen molar-refractivity contribution in [3.8, 4) is 6.07 Å². The second kappa shape index (κ2) is 7.46. The topological polar surface area (TPSA) is 62.1 Å². The van der Waals surface area contributed by atoms with E-state index < -0.39 is 5.91 Å². The zero-order valence-electron chi connectivity index (χ0n) is 12.6. The number of carbonyl (C=O) groups excluding carboxylic acids is 1. The van der Waals surface area contributed by atoms with Gasteiger partial charge in [-0.25, -0.2) is 0 Å². The number of hydrogen-bond donors (Lipinski definition) is 1. The van der Waals surface area contributed by atoms with E-state index >= 15 is 0 Å². The molecule has 2 rings (SSSR count). The molecule has 0 bridgehead atoms. The van der Waals surface area contributed by atoms with Gasteiger partial charge in [0.2, 0.25) is 0 Å². The molecular formula is C18H20N2O2. The van der Waals surface area contributed by atoms with Crippen molar-refractivity contribution in [3.63, 3.8) is 0 Å². The van der Waals surface area contributed by atoms with Crippen LogP contribution in [0.3, 0.4) is 0 Å². The van der Waals surface area contributed by atoms with Crippen LogP contribution in [-0.4, -0.2) is 5.91 Å². The van der Waals surface area contributed by atoms with Gasteiger partial charge in [0.25, 0.3) is 5.91 Å². The Morgan fingerprint density at radius 1 is 1.23 bits per heavy atom. The molecule has 0 spiro atoms. The minimum Gasteiger partial charge on any atom is -0.442 e. The normalized spacial score (nSPS) is 14.7. The highest BCUT2D eigenvalue weighted by Gasteiger charge is 2.20. The first-order valence-electron chi connectivity index (χ1n) is 7.48. The SMILES string of the molecule is C=C(C#N)OC(=C)C(=O)Nc1ccccc1C1CCCCC1. The quantitative estimate of drug-likeness (QED) is 0.502. The van der Waals surface area contributed by atoms with E-state index in [1.807, 2.05) is 18.2 Å². The highest BCUT2D eigenvalue weighted by atomic mass is 16.5. The second-order valence-electron chi connectivity index (χ2n) is 5.44. The fraction of sp³-hybridized carbons (Fsp3) is 0.333. The Morgan fingerprint density at radius 2 is 1.91 bits per heavy atom. The lowest BCUT2D eigenvalue weighted by Crippen LogP contribution is -2.17. The molecule has 1 fully saturated rings. The van der Waals surface area contributed by atoms with E-state index in [1.54, 1.807) is 6.07 Å². The molecule has 0 unspecified atom stereocenters. The van der Waals surface area contributed by atoms with Crippen LogP contribution in [-0.2, 0) is 9.53 Å². The number of hydrogen-bond acceptors (Lipinski definition) is 3. The Labute approximate surface area is 131 Å². The number of benzene rings is 1. The molecule has 0 aliphatic heterocycles. The first-order chi connectivity index (χ1) is 10.6. The molecule has 1 N–H and O–H groups in total. The van der Waals surface area contributed by atoms with Gasteiger partial charge in [-0.2, -0.15) is 5.26 Å². The maximum absolute atomic E-state index is 12.1. The van der Waals surface area contributed by atoms with Crippen molar-refractivity contribution in [1.82, 2.24) is 0 Å². The summed E-state index contributed by atoms with van der Waals surface area (Å²) in [5.74, 6) is -0.265. The molecule has 4 nitrogen and oxygen atoms in total. The lowest BCUT2D eigenvalue weighted by atomic mass is 9.83. The van der Waals surface area contributed by atoms with E-state index in [4.69, 9.17) is 10.00 Å². The third kappa shape index (κ3) is 3.98. The molecule has 1 aromatic rings. The Hall–Kier alpha value is -2.54. The van der Waals surface area contributed by atoms with Crippen molar-refractivity contribution >= 4 is 11.6 Å². The summed E-state index contributed by atoms with van der Waals surface area (Å²) in [6.07, 6.45) is 6.03. The van der Waals surface area contributed by atoms with Crippen molar-refractivity contribution in [2.45, 2.75) is 38.0 Å². The highest BCUT2D eigenvalue weighted by Crippen LogP contribution is 2.36. The molecular weight excluding hydrogens is 276 g/mol. The molecule has 0 radical (unpaired) electrons. The fourth-order valence-corrected chi connectivity index (χ4v) is 2.79. The van der Waals surface area contributed by atoms with Crippen molar-refractivity contribution in [1.29, 1.82) is 5.26 Å². The number of nitriles is 1. The van der Waals surface area contributed by atoms with Gasteiger partial charge >= 0.3 is 0 Å². The van der Waals surface area contributed by atoms with Crippen LogP contribution in [0.1, 0.15) is 43.6 Å². The van der Waals surface area contributed by atoms with Gasteiger partial charge in [-0.15, -0.1) is 0 Å². The van der Waals surface area contributed by atoms with Crippen LogP contribution < -0.4 is 5.32 Å². The monoisotopic (exact) mass is 296 g/mol.